The molecule has 1 saturated heterocycles. The van der Waals surface area contributed by atoms with Gasteiger partial charge in [-0.1, -0.05) is 24.3 Å². The van der Waals surface area contributed by atoms with Gasteiger partial charge in [-0.3, -0.25) is 14.2 Å². The molecule has 0 saturated carbocycles. The Morgan fingerprint density at radius 3 is 2.65 bits per heavy atom. The van der Waals surface area contributed by atoms with Crippen LogP contribution in [0.5, 0.6) is 0 Å². The van der Waals surface area contributed by atoms with Gasteiger partial charge in [0.1, 0.15) is 12.6 Å². The molecule has 1 amide bonds. The van der Waals surface area contributed by atoms with E-state index in [0.717, 1.165) is 45.6 Å². The van der Waals surface area contributed by atoms with Crippen molar-refractivity contribution in [2.24, 2.45) is 0 Å². The van der Waals surface area contributed by atoms with Crippen molar-refractivity contribution in [3.05, 3.63) is 70.9 Å². The SMILES string of the molecule is CC(=O)ON1C(=O)OCC1Cc1ccc2c(c1)c(CCN(C)C)cn2C(=O)c1ccccc1C. The molecule has 178 valence electrons. The lowest BCUT2D eigenvalue weighted by Crippen LogP contribution is -2.36. The maximum absolute atomic E-state index is 13.4. The maximum atomic E-state index is 13.4. The zero-order chi connectivity index (χ0) is 24.4. The van der Waals surface area contributed by atoms with Crippen LogP contribution in [0.3, 0.4) is 0 Å². The Bertz CT molecular complexity index is 1250. The lowest BCUT2D eigenvalue weighted by Gasteiger charge is -2.19. The van der Waals surface area contributed by atoms with E-state index >= 15 is 0 Å². The topological polar surface area (TPSA) is 81.1 Å². The minimum atomic E-state index is -0.664. The van der Waals surface area contributed by atoms with Gasteiger partial charge in [-0.15, -0.1) is 5.06 Å². The fourth-order valence-electron chi connectivity index (χ4n) is 4.24. The highest BCUT2D eigenvalue weighted by molar-refractivity contribution is 6.04. The molecular weight excluding hydrogens is 434 g/mol. The number of nitrogens with zero attached hydrogens (tertiary/aromatic N) is 3. The first-order valence-corrected chi connectivity index (χ1v) is 11.3. The molecular formula is C26H29N3O5. The van der Waals surface area contributed by atoms with Gasteiger partial charge in [0, 0.05) is 30.6 Å². The third-order valence-electron chi connectivity index (χ3n) is 5.98. The van der Waals surface area contributed by atoms with Gasteiger partial charge in [-0.2, -0.15) is 0 Å². The summed E-state index contributed by atoms with van der Waals surface area (Å²) in [5.74, 6) is -0.639. The summed E-state index contributed by atoms with van der Waals surface area (Å²) >= 11 is 0. The summed E-state index contributed by atoms with van der Waals surface area (Å²) in [6.07, 6.45) is 2.51. The second-order valence-corrected chi connectivity index (χ2v) is 8.89. The van der Waals surface area contributed by atoms with Crippen molar-refractivity contribution in [2.75, 3.05) is 27.2 Å². The number of rotatable bonds is 7. The Balaban J connectivity index is 1.70. The Labute approximate surface area is 198 Å². The molecule has 2 heterocycles. The van der Waals surface area contributed by atoms with Crippen molar-refractivity contribution in [2.45, 2.75) is 32.7 Å². The first-order valence-electron chi connectivity index (χ1n) is 11.3. The highest BCUT2D eigenvalue weighted by Crippen LogP contribution is 2.27. The predicted molar refractivity (Wildman–Crippen MR) is 128 cm³/mol. The van der Waals surface area contributed by atoms with Gasteiger partial charge in [0.05, 0.1) is 5.52 Å². The number of benzene rings is 2. The molecule has 0 bridgehead atoms. The van der Waals surface area contributed by atoms with Crippen LogP contribution < -0.4 is 0 Å². The van der Waals surface area contributed by atoms with Crippen LogP contribution >= 0.6 is 0 Å². The molecule has 0 aliphatic carbocycles. The quantitative estimate of drug-likeness (QED) is 0.533. The molecule has 0 N–H and O–H groups in total. The van der Waals surface area contributed by atoms with Gasteiger partial charge >= 0.3 is 12.1 Å². The molecule has 1 aromatic heterocycles. The lowest BCUT2D eigenvalue weighted by molar-refractivity contribution is -0.177. The molecule has 3 aromatic rings. The number of carbonyl (C=O) groups is 3. The largest absolute Gasteiger partial charge is 0.445 e. The molecule has 1 atom stereocenters. The minimum Gasteiger partial charge on any atom is -0.445 e. The van der Waals surface area contributed by atoms with Crippen LogP contribution in [0, 0.1) is 6.92 Å². The van der Waals surface area contributed by atoms with Crippen molar-refractivity contribution < 1.29 is 24.0 Å². The summed E-state index contributed by atoms with van der Waals surface area (Å²) in [5.41, 5.74) is 4.46. The number of hydroxylamine groups is 2. The van der Waals surface area contributed by atoms with Crippen molar-refractivity contribution in [1.29, 1.82) is 0 Å². The number of aromatic nitrogens is 1. The Hall–Kier alpha value is -3.65. The molecule has 1 unspecified atom stereocenters. The average Bonchev–Trinajstić information content (AvgIpc) is 3.32. The normalized spacial score (nSPS) is 15.7. The molecule has 8 nitrogen and oxygen atoms in total. The van der Waals surface area contributed by atoms with Crippen LogP contribution in [-0.4, -0.2) is 65.8 Å². The van der Waals surface area contributed by atoms with Crippen molar-refractivity contribution >= 4 is 28.9 Å². The Morgan fingerprint density at radius 1 is 1.18 bits per heavy atom. The predicted octanol–water partition coefficient (Wildman–Crippen LogP) is 3.58. The van der Waals surface area contributed by atoms with E-state index in [4.69, 9.17) is 9.57 Å². The van der Waals surface area contributed by atoms with Crippen LogP contribution in [0.1, 0.15) is 34.0 Å². The van der Waals surface area contributed by atoms with Gasteiger partial charge in [0.2, 0.25) is 0 Å². The van der Waals surface area contributed by atoms with E-state index in [2.05, 4.69) is 11.0 Å². The number of amides is 1. The summed E-state index contributed by atoms with van der Waals surface area (Å²) in [6, 6.07) is 13.1. The van der Waals surface area contributed by atoms with E-state index in [-0.39, 0.29) is 12.5 Å². The second kappa shape index (κ2) is 9.69. The standard InChI is InChI=1S/C26H29N3O5/c1-17-7-5-6-8-22(17)25(31)28-15-20(11-12-27(3)4)23-14-19(9-10-24(23)28)13-21-16-33-26(32)29(21)34-18(2)30/h5-10,14-15,21H,11-13,16H2,1-4H3. The molecule has 0 spiro atoms. The van der Waals surface area contributed by atoms with E-state index in [9.17, 15) is 14.4 Å². The van der Waals surface area contributed by atoms with E-state index in [1.165, 1.54) is 6.92 Å². The number of aryl methyl sites for hydroxylation is 1. The third-order valence-corrected chi connectivity index (χ3v) is 5.98. The number of hydrogen-bond acceptors (Lipinski definition) is 6. The molecule has 1 fully saturated rings. The van der Waals surface area contributed by atoms with Crippen LogP contribution in [0.4, 0.5) is 4.79 Å². The van der Waals surface area contributed by atoms with Gasteiger partial charge < -0.3 is 14.5 Å². The van der Waals surface area contributed by atoms with Crippen LogP contribution in [-0.2, 0) is 27.2 Å². The molecule has 8 heteroatoms. The number of cyclic esters (lactones) is 1. The summed E-state index contributed by atoms with van der Waals surface area (Å²) < 4.78 is 6.80. The molecule has 1 aliphatic rings. The Kier molecular flexibility index (Phi) is 6.70. The van der Waals surface area contributed by atoms with Gasteiger partial charge in [0.15, 0.2) is 0 Å². The number of carbonyl (C=O) groups excluding carboxylic acids is 3. The van der Waals surface area contributed by atoms with Crippen molar-refractivity contribution in [1.82, 2.24) is 14.5 Å². The summed E-state index contributed by atoms with van der Waals surface area (Å²) in [6.45, 7) is 4.17. The summed E-state index contributed by atoms with van der Waals surface area (Å²) in [5, 5.41) is 2.00. The lowest BCUT2D eigenvalue weighted by atomic mass is 10.0. The number of hydrogen-bond donors (Lipinski definition) is 0. The molecule has 4 rings (SSSR count). The zero-order valence-corrected chi connectivity index (χ0v) is 19.9. The Morgan fingerprint density at radius 2 is 1.94 bits per heavy atom. The van der Waals surface area contributed by atoms with Crippen LogP contribution in [0.15, 0.2) is 48.7 Å². The zero-order valence-electron chi connectivity index (χ0n) is 19.9. The van der Waals surface area contributed by atoms with E-state index < -0.39 is 18.1 Å². The third kappa shape index (κ3) is 4.82. The van der Waals surface area contributed by atoms with E-state index in [1.54, 1.807) is 4.57 Å². The second-order valence-electron chi connectivity index (χ2n) is 8.89. The van der Waals surface area contributed by atoms with Gasteiger partial charge in [-0.05, 0) is 68.8 Å². The highest BCUT2D eigenvalue weighted by Gasteiger charge is 2.36. The van der Waals surface area contributed by atoms with Gasteiger partial charge in [-0.25, -0.2) is 4.79 Å². The smallest absolute Gasteiger partial charge is 0.443 e. The molecule has 34 heavy (non-hydrogen) atoms. The van der Waals surface area contributed by atoms with Gasteiger partial charge in [0.25, 0.3) is 5.91 Å². The first kappa shape index (κ1) is 23.5. The fraction of sp³-hybridized carbons (Fsp3) is 0.346. The first-order chi connectivity index (χ1) is 16.2. The highest BCUT2D eigenvalue weighted by atomic mass is 16.8. The number of ether oxygens (including phenoxy) is 1. The maximum Gasteiger partial charge on any atom is 0.443 e. The monoisotopic (exact) mass is 463 g/mol. The van der Waals surface area contributed by atoms with E-state index in [0.29, 0.717) is 12.0 Å². The van der Waals surface area contributed by atoms with Crippen molar-refractivity contribution in [3.8, 4) is 0 Å². The number of fused-ring (bicyclic) bond motifs is 1. The summed E-state index contributed by atoms with van der Waals surface area (Å²) in [4.78, 5) is 43.9. The van der Waals surface area contributed by atoms with Crippen molar-refractivity contribution in [3.63, 3.8) is 0 Å². The molecule has 2 aromatic carbocycles. The van der Waals surface area contributed by atoms with Crippen LogP contribution in [0.2, 0.25) is 0 Å². The fourth-order valence-corrected chi connectivity index (χ4v) is 4.24. The van der Waals surface area contributed by atoms with Crippen LogP contribution in [0.25, 0.3) is 10.9 Å². The molecule has 1 aliphatic heterocycles. The molecule has 0 radical (unpaired) electrons. The minimum absolute atomic E-state index is 0.0669. The van der Waals surface area contributed by atoms with E-state index in [1.807, 2.05) is 63.6 Å². The number of likely N-dealkylation sites (N-methyl/N-ethyl adjacent to an activating group) is 1. The average molecular weight is 464 g/mol. The summed E-state index contributed by atoms with van der Waals surface area (Å²) in [7, 11) is 4.04.